The van der Waals surface area contributed by atoms with E-state index in [0.29, 0.717) is 13.0 Å². The molecule has 0 saturated heterocycles. The maximum Gasteiger partial charge on any atom is 0.303 e. The summed E-state index contributed by atoms with van der Waals surface area (Å²) in [5.41, 5.74) is 0. The van der Waals surface area contributed by atoms with E-state index < -0.39 is 5.97 Å². The molecule has 0 radical (unpaired) electrons. The molecule has 112 valence electrons. The Balaban J connectivity index is 3.06. The number of hydrogen-bond acceptors (Lipinski definition) is 2. The van der Waals surface area contributed by atoms with Gasteiger partial charge in [0.2, 0.25) is 0 Å². The van der Waals surface area contributed by atoms with Crippen LogP contribution in [0.15, 0.2) is 12.2 Å². The van der Waals surface area contributed by atoms with E-state index in [0.717, 1.165) is 44.9 Å². The summed E-state index contributed by atoms with van der Waals surface area (Å²) in [6, 6.07) is 0. The summed E-state index contributed by atoms with van der Waals surface area (Å²) in [5.74, 6) is -0.679. The lowest BCUT2D eigenvalue weighted by atomic mass is 10.1. The number of aliphatic hydroxyl groups is 1. The smallest absolute Gasteiger partial charge is 0.303 e. The molecule has 0 rings (SSSR count). The van der Waals surface area contributed by atoms with E-state index in [-0.39, 0.29) is 0 Å². The molecular weight excluding hydrogens is 240 g/mol. The van der Waals surface area contributed by atoms with Gasteiger partial charge in [0.15, 0.2) is 0 Å². The summed E-state index contributed by atoms with van der Waals surface area (Å²) in [5, 5.41) is 17.1. The molecule has 0 heterocycles. The zero-order chi connectivity index (χ0) is 14.2. The summed E-state index contributed by atoms with van der Waals surface area (Å²) >= 11 is 0. The highest BCUT2D eigenvalue weighted by atomic mass is 16.4. The lowest BCUT2D eigenvalue weighted by Crippen LogP contribution is -1.93. The largest absolute Gasteiger partial charge is 0.481 e. The molecule has 0 aromatic heterocycles. The summed E-state index contributed by atoms with van der Waals surface area (Å²) in [6.45, 7) is 0.322. The van der Waals surface area contributed by atoms with Crippen LogP contribution < -0.4 is 0 Å². The zero-order valence-corrected chi connectivity index (χ0v) is 12.1. The van der Waals surface area contributed by atoms with Crippen LogP contribution in [-0.4, -0.2) is 22.8 Å². The summed E-state index contributed by atoms with van der Waals surface area (Å²) in [4.78, 5) is 10.3. The van der Waals surface area contributed by atoms with E-state index in [9.17, 15) is 4.79 Å². The molecule has 0 aromatic rings. The van der Waals surface area contributed by atoms with Gasteiger partial charge in [-0.1, -0.05) is 44.3 Å². The fraction of sp³-hybridized carbons (Fsp3) is 0.812. The van der Waals surface area contributed by atoms with Crippen molar-refractivity contribution >= 4 is 5.97 Å². The fourth-order valence-electron chi connectivity index (χ4n) is 2.03. The summed E-state index contributed by atoms with van der Waals surface area (Å²) < 4.78 is 0. The predicted molar refractivity (Wildman–Crippen MR) is 79.3 cm³/mol. The first-order chi connectivity index (χ1) is 9.27. The van der Waals surface area contributed by atoms with Gasteiger partial charge in [-0.2, -0.15) is 0 Å². The minimum absolute atomic E-state index is 0.316. The van der Waals surface area contributed by atoms with Crippen LogP contribution in [0.2, 0.25) is 0 Å². The molecule has 0 fully saturated rings. The highest BCUT2D eigenvalue weighted by Gasteiger charge is 1.95. The van der Waals surface area contributed by atoms with Gasteiger partial charge in [0.25, 0.3) is 0 Å². The van der Waals surface area contributed by atoms with Crippen LogP contribution in [0.25, 0.3) is 0 Å². The van der Waals surface area contributed by atoms with Crippen LogP contribution in [-0.2, 0) is 4.79 Å². The van der Waals surface area contributed by atoms with E-state index in [2.05, 4.69) is 12.2 Å². The molecule has 3 heteroatoms. The van der Waals surface area contributed by atoms with Crippen LogP contribution in [0.5, 0.6) is 0 Å². The fourth-order valence-corrected chi connectivity index (χ4v) is 2.03. The molecule has 3 nitrogen and oxygen atoms in total. The average molecular weight is 270 g/mol. The number of allylic oxidation sites excluding steroid dienone is 2. The zero-order valence-electron chi connectivity index (χ0n) is 12.1. The first kappa shape index (κ1) is 18.2. The number of aliphatic carboxylic acids is 1. The molecule has 0 aliphatic heterocycles. The van der Waals surface area contributed by atoms with Gasteiger partial charge in [-0.15, -0.1) is 0 Å². The quantitative estimate of drug-likeness (QED) is 0.365. The van der Waals surface area contributed by atoms with Crippen molar-refractivity contribution in [3.63, 3.8) is 0 Å². The van der Waals surface area contributed by atoms with E-state index in [4.69, 9.17) is 10.2 Å². The third kappa shape index (κ3) is 17.2. The Kier molecular flexibility index (Phi) is 14.6. The highest BCUT2D eigenvalue weighted by molar-refractivity contribution is 5.66. The van der Waals surface area contributed by atoms with Crippen LogP contribution in [0, 0.1) is 0 Å². The van der Waals surface area contributed by atoms with Crippen molar-refractivity contribution in [2.75, 3.05) is 6.61 Å². The third-order valence-corrected chi connectivity index (χ3v) is 3.21. The Morgan fingerprint density at radius 1 is 0.737 bits per heavy atom. The van der Waals surface area contributed by atoms with Crippen LogP contribution in [0.4, 0.5) is 0 Å². The number of carbonyl (C=O) groups is 1. The Morgan fingerprint density at radius 3 is 1.74 bits per heavy atom. The molecule has 2 N–H and O–H groups in total. The van der Waals surface area contributed by atoms with Gasteiger partial charge in [-0.3, -0.25) is 4.79 Å². The maximum atomic E-state index is 10.3. The number of aliphatic hydroxyl groups excluding tert-OH is 1. The van der Waals surface area contributed by atoms with E-state index in [1.165, 1.54) is 25.7 Å². The Labute approximate surface area is 117 Å². The first-order valence-corrected chi connectivity index (χ1v) is 7.75. The normalized spacial score (nSPS) is 11.2. The molecule has 0 saturated carbocycles. The molecule has 0 bridgehead atoms. The summed E-state index contributed by atoms with van der Waals surface area (Å²) in [7, 11) is 0. The summed E-state index contributed by atoms with van der Waals surface area (Å²) in [6.07, 6.45) is 17.1. The second-order valence-corrected chi connectivity index (χ2v) is 5.10. The lowest BCUT2D eigenvalue weighted by Gasteiger charge is -1.98. The topological polar surface area (TPSA) is 57.5 Å². The molecule has 0 aliphatic carbocycles. The van der Waals surface area contributed by atoms with Crippen molar-refractivity contribution in [2.45, 2.75) is 77.0 Å². The van der Waals surface area contributed by atoms with Gasteiger partial charge in [0, 0.05) is 13.0 Å². The number of hydrogen-bond donors (Lipinski definition) is 2. The van der Waals surface area contributed by atoms with Crippen LogP contribution in [0.3, 0.4) is 0 Å². The van der Waals surface area contributed by atoms with E-state index >= 15 is 0 Å². The van der Waals surface area contributed by atoms with Gasteiger partial charge >= 0.3 is 5.97 Å². The molecule has 0 amide bonds. The Bertz CT molecular complexity index is 224. The van der Waals surface area contributed by atoms with Gasteiger partial charge in [-0.05, 0) is 38.5 Å². The van der Waals surface area contributed by atoms with E-state index in [1.54, 1.807) is 0 Å². The molecule has 0 aliphatic rings. The average Bonchev–Trinajstić information content (AvgIpc) is 2.39. The second-order valence-electron chi connectivity index (χ2n) is 5.10. The molecule has 0 atom stereocenters. The van der Waals surface area contributed by atoms with E-state index in [1.807, 2.05) is 0 Å². The Hall–Kier alpha value is -0.830. The number of unbranched alkanes of at least 4 members (excludes halogenated alkanes) is 9. The van der Waals surface area contributed by atoms with Gasteiger partial charge in [0.05, 0.1) is 0 Å². The van der Waals surface area contributed by atoms with Gasteiger partial charge in [0.1, 0.15) is 0 Å². The molecule has 0 aromatic carbocycles. The van der Waals surface area contributed by atoms with Crippen molar-refractivity contribution in [2.24, 2.45) is 0 Å². The minimum atomic E-state index is -0.679. The van der Waals surface area contributed by atoms with Gasteiger partial charge < -0.3 is 10.2 Å². The van der Waals surface area contributed by atoms with Gasteiger partial charge in [-0.25, -0.2) is 0 Å². The van der Waals surface area contributed by atoms with Crippen molar-refractivity contribution in [1.82, 2.24) is 0 Å². The monoisotopic (exact) mass is 270 g/mol. The number of rotatable bonds is 14. The third-order valence-electron chi connectivity index (χ3n) is 3.21. The van der Waals surface area contributed by atoms with Crippen molar-refractivity contribution in [1.29, 1.82) is 0 Å². The van der Waals surface area contributed by atoms with Crippen molar-refractivity contribution in [3.8, 4) is 0 Å². The van der Waals surface area contributed by atoms with Crippen molar-refractivity contribution in [3.05, 3.63) is 12.2 Å². The molecule has 0 spiro atoms. The minimum Gasteiger partial charge on any atom is -0.481 e. The maximum absolute atomic E-state index is 10.3. The second kappa shape index (κ2) is 15.2. The number of carboxylic acid groups (broad SMARTS) is 1. The standard InChI is InChI=1S/C16H30O3/c17-15-13-11-9-7-5-3-1-2-4-6-8-10-12-14-16(18)19/h1,3,17H,2,4-15H2,(H,18,19)/b3-1-. The first-order valence-electron chi connectivity index (χ1n) is 7.75. The lowest BCUT2D eigenvalue weighted by molar-refractivity contribution is -0.137. The Morgan fingerprint density at radius 2 is 1.21 bits per heavy atom. The predicted octanol–water partition coefficient (Wildman–Crippen LogP) is 4.30. The van der Waals surface area contributed by atoms with Crippen LogP contribution >= 0.6 is 0 Å². The highest BCUT2D eigenvalue weighted by Crippen LogP contribution is 2.08. The molecule has 19 heavy (non-hydrogen) atoms. The molecular formula is C16H30O3. The number of carboxylic acids is 1. The van der Waals surface area contributed by atoms with Crippen molar-refractivity contribution < 1.29 is 15.0 Å². The SMILES string of the molecule is O=C(O)CCCCCCC/C=C\CCCCCCO. The molecule has 0 unspecified atom stereocenters. The van der Waals surface area contributed by atoms with Crippen LogP contribution in [0.1, 0.15) is 77.0 Å².